The Bertz CT molecular complexity index is 1100. The van der Waals surface area contributed by atoms with Crippen LogP contribution in [-0.4, -0.2) is 63.6 Å². The molecule has 3 heterocycles. The molecule has 1 N–H and O–H groups in total. The minimum atomic E-state index is 0.264. The lowest BCUT2D eigenvalue weighted by atomic mass is 10.1. The number of aryl methyl sites for hydroxylation is 2. The lowest BCUT2D eigenvalue weighted by molar-refractivity contribution is 0.176. The minimum absolute atomic E-state index is 0.264. The van der Waals surface area contributed by atoms with Gasteiger partial charge in [-0.25, -0.2) is 4.98 Å². The van der Waals surface area contributed by atoms with Gasteiger partial charge in [0.15, 0.2) is 0 Å². The van der Waals surface area contributed by atoms with Crippen LogP contribution in [0.1, 0.15) is 56.7 Å². The normalized spacial score (nSPS) is 15.6. The van der Waals surface area contributed by atoms with Gasteiger partial charge in [-0.05, 0) is 69.1 Å². The summed E-state index contributed by atoms with van der Waals surface area (Å²) in [4.78, 5) is 11.8. The molecule has 1 aromatic carbocycles. The second kappa shape index (κ2) is 13.0. The molecule has 2 aromatic heterocycles. The second-order valence-corrected chi connectivity index (χ2v) is 10.2. The number of fused-ring (bicyclic) bond motifs is 1. The maximum atomic E-state index is 6.19. The van der Waals surface area contributed by atoms with Crippen molar-refractivity contribution in [3.8, 4) is 0 Å². The Labute approximate surface area is 216 Å². The number of nitrogens with one attached hydrogen (secondary N) is 1. The van der Waals surface area contributed by atoms with Crippen molar-refractivity contribution in [3.63, 3.8) is 0 Å². The molecular weight excluding hydrogens is 448 g/mol. The van der Waals surface area contributed by atoms with Crippen LogP contribution in [0.5, 0.6) is 0 Å². The van der Waals surface area contributed by atoms with Crippen molar-refractivity contribution in [1.82, 2.24) is 29.6 Å². The highest BCUT2D eigenvalue weighted by Gasteiger charge is 2.20. The van der Waals surface area contributed by atoms with Gasteiger partial charge in [-0.3, -0.25) is 4.90 Å². The predicted octanol–water partition coefficient (Wildman–Crippen LogP) is 4.95. The zero-order valence-corrected chi connectivity index (χ0v) is 22.6. The van der Waals surface area contributed by atoms with Crippen molar-refractivity contribution >= 4 is 11.0 Å². The van der Waals surface area contributed by atoms with Gasteiger partial charge in [-0.1, -0.05) is 19.9 Å². The van der Waals surface area contributed by atoms with Gasteiger partial charge in [0.2, 0.25) is 0 Å². The molecule has 1 aliphatic heterocycles. The van der Waals surface area contributed by atoms with Crippen molar-refractivity contribution in [3.05, 3.63) is 66.2 Å². The minimum Gasteiger partial charge on any atom is -0.461 e. The predicted molar refractivity (Wildman–Crippen MR) is 147 cm³/mol. The molecule has 0 spiro atoms. The van der Waals surface area contributed by atoms with Gasteiger partial charge in [0.1, 0.15) is 23.3 Å². The summed E-state index contributed by atoms with van der Waals surface area (Å²) in [5, 5.41) is 4.66. The lowest BCUT2D eigenvalue weighted by Gasteiger charge is -2.29. The van der Waals surface area contributed by atoms with Crippen LogP contribution in [0.15, 0.2) is 53.5 Å². The largest absolute Gasteiger partial charge is 0.461 e. The number of likely N-dealkylation sites (N-methyl/N-ethyl adjacent to an activating group) is 1. The Morgan fingerprint density at radius 3 is 2.53 bits per heavy atom. The van der Waals surface area contributed by atoms with Crippen LogP contribution < -0.4 is 5.32 Å². The third-order valence-electron chi connectivity index (χ3n) is 7.07. The van der Waals surface area contributed by atoms with Crippen LogP contribution in [0.25, 0.3) is 11.0 Å². The van der Waals surface area contributed by atoms with Gasteiger partial charge in [0.05, 0.1) is 6.54 Å². The number of hydrogen-bond acceptors (Lipinski definition) is 6. The molecule has 196 valence electrons. The van der Waals surface area contributed by atoms with Gasteiger partial charge >= 0.3 is 0 Å². The average Bonchev–Trinajstić information content (AvgIpc) is 3.57. The molecule has 0 radical (unpaired) electrons. The molecule has 0 bridgehead atoms. The van der Waals surface area contributed by atoms with Crippen molar-refractivity contribution in [2.75, 3.05) is 33.2 Å². The fraction of sp³-hybridized carbons (Fsp3) is 0.552. The Balaban J connectivity index is 1.37. The van der Waals surface area contributed by atoms with E-state index in [2.05, 4.69) is 88.0 Å². The first-order chi connectivity index (χ1) is 17.6. The molecule has 0 saturated heterocycles. The molecule has 1 unspecified atom stereocenters. The van der Waals surface area contributed by atoms with Crippen LogP contribution in [0.2, 0.25) is 0 Å². The summed E-state index contributed by atoms with van der Waals surface area (Å²) in [5.74, 6) is 2.18. The molecule has 36 heavy (non-hydrogen) atoms. The monoisotopic (exact) mass is 492 g/mol. The molecule has 1 aliphatic rings. The van der Waals surface area contributed by atoms with Crippen molar-refractivity contribution < 1.29 is 4.42 Å². The number of imidazole rings is 1. The molecule has 7 nitrogen and oxygen atoms in total. The summed E-state index contributed by atoms with van der Waals surface area (Å²) in [6.07, 6.45) is 14.1. The zero-order chi connectivity index (χ0) is 25.3. The Kier molecular flexibility index (Phi) is 9.47. The van der Waals surface area contributed by atoms with Crippen LogP contribution in [0.3, 0.4) is 0 Å². The first kappa shape index (κ1) is 26.3. The third kappa shape index (κ3) is 7.14. The number of rotatable bonds is 15. The maximum Gasteiger partial charge on any atom is 0.134 e. The van der Waals surface area contributed by atoms with Gasteiger partial charge in [-0.15, -0.1) is 0 Å². The summed E-state index contributed by atoms with van der Waals surface area (Å²) in [6, 6.07) is 8.88. The quantitative estimate of drug-likeness (QED) is 0.303. The number of benzene rings is 1. The fourth-order valence-corrected chi connectivity index (χ4v) is 5.08. The van der Waals surface area contributed by atoms with Gasteiger partial charge in [0.25, 0.3) is 0 Å². The summed E-state index contributed by atoms with van der Waals surface area (Å²) in [7, 11) is 4.18. The molecule has 7 heteroatoms. The zero-order valence-electron chi connectivity index (χ0n) is 22.6. The Morgan fingerprint density at radius 2 is 1.83 bits per heavy atom. The average molecular weight is 493 g/mol. The van der Waals surface area contributed by atoms with Crippen LogP contribution in [0, 0.1) is 0 Å². The SMILES string of the molecule is CCCN(CCC)CCCCc1cc2cc(CN(Cc3nccn3C)CC3NC=CN3C)ccc2o1. The lowest BCUT2D eigenvalue weighted by Crippen LogP contribution is -2.43. The molecule has 4 rings (SSSR count). The Hall–Kier alpha value is -2.77. The van der Waals surface area contributed by atoms with Crippen LogP contribution in [0.4, 0.5) is 0 Å². The number of hydrogen-bond donors (Lipinski definition) is 1. The highest BCUT2D eigenvalue weighted by molar-refractivity contribution is 5.78. The van der Waals surface area contributed by atoms with Gasteiger partial charge in [-0.2, -0.15) is 0 Å². The third-order valence-corrected chi connectivity index (χ3v) is 7.07. The molecule has 0 fully saturated rings. The fourth-order valence-electron chi connectivity index (χ4n) is 5.08. The van der Waals surface area contributed by atoms with E-state index >= 15 is 0 Å². The van der Waals surface area contributed by atoms with E-state index in [0.29, 0.717) is 0 Å². The summed E-state index contributed by atoms with van der Waals surface area (Å²) in [6.45, 7) is 10.7. The first-order valence-electron chi connectivity index (χ1n) is 13.6. The van der Waals surface area contributed by atoms with Gasteiger partial charge in [0, 0.05) is 63.8 Å². The molecular formula is C29H44N6O. The number of unbranched alkanes of at least 4 members (excludes halogenated alkanes) is 1. The smallest absolute Gasteiger partial charge is 0.134 e. The number of furan rings is 1. The molecule has 1 atom stereocenters. The van der Waals surface area contributed by atoms with E-state index in [0.717, 1.165) is 43.2 Å². The van der Waals surface area contributed by atoms with Crippen LogP contribution in [-0.2, 0) is 26.6 Å². The molecule has 3 aromatic rings. The van der Waals surface area contributed by atoms with Crippen molar-refractivity contribution in [1.29, 1.82) is 0 Å². The second-order valence-electron chi connectivity index (χ2n) is 10.2. The first-order valence-corrected chi connectivity index (χ1v) is 13.6. The number of nitrogens with zero attached hydrogens (tertiary/aromatic N) is 5. The van der Waals surface area contributed by atoms with E-state index in [9.17, 15) is 0 Å². The van der Waals surface area contributed by atoms with E-state index in [1.807, 2.05) is 18.6 Å². The highest BCUT2D eigenvalue weighted by Crippen LogP contribution is 2.23. The van der Waals surface area contributed by atoms with Gasteiger partial charge < -0.3 is 24.1 Å². The molecule has 0 aliphatic carbocycles. The summed E-state index contributed by atoms with van der Waals surface area (Å²) >= 11 is 0. The van der Waals surface area contributed by atoms with E-state index in [1.165, 1.54) is 56.3 Å². The van der Waals surface area contributed by atoms with Crippen molar-refractivity contribution in [2.45, 2.75) is 65.2 Å². The highest BCUT2D eigenvalue weighted by atomic mass is 16.3. The van der Waals surface area contributed by atoms with Crippen molar-refractivity contribution in [2.24, 2.45) is 7.05 Å². The summed E-state index contributed by atoms with van der Waals surface area (Å²) < 4.78 is 8.29. The van der Waals surface area contributed by atoms with E-state index in [1.54, 1.807) is 0 Å². The molecule has 0 amide bonds. The topological polar surface area (TPSA) is 52.7 Å². The van der Waals surface area contributed by atoms with E-state index in [-0.39, 0.29) is 6.17 Å². The standard InChI is InChI=1S/C29H44N6O/c1-5-14-34(15-6-2)16-8-7-9-26-20-25-19-24(10-11-27(25)36-26)21-35(22-28-30-12-17-32(28)3)23-29-31-13-18-33(29)4/h10-13,17-20,28,30H,5-9,14-16,21-23H2,1-4H3. The Morgan fingerprint density at radius 1 is 1.00 bits per heavy atom. The summed E-state index contributed by atoms with van der Waals surface area (Å²) in [5.41, 5.74) is 2.29. The van der Waals surface area contributed by atoms with Crippen LogP contribution >= 0.6 is 0 Å². The maximum absolute atomic E-state index is 6.19. The number of aromatic nitrogens is 2. The molecule has 0 saturated carbocycles. The van der Waals surface area contributed by atoms with E-state index in [4.69, 9.17) is 4.42 Å². The van der Waals surface area contributed by atoms with E-state index < -0.39 is 0 Å².